The summed E-state index contributed by atoms with van der Waals surface area (Å²) in [6.45, 7) is 6.00. The molecule has 0 spiro atoms. The minimum atomic E-state index is 0.752. The first kappa shape index (κ1) is 16.0. The van der Waals surface area contributed by atoms with Crippen LogP contribution >= 0.6 is 11.6 Å². The van der Waals surface area contributed by atoms with Crippen LogP contribution in [0.15, 0.2) is 30.3 Å². The SMILES string of the molecule is Cc1nc(NCCc2ccc(Cl)cc2)cc(N2CCOCC2)n1. The molecule has 6 heteroatoms. The molecule has 0 amide bonds. The lowest BCUT2D eigenvalue weighted by atomic mass is 10.1. The number of halogens is 1. The highest BCUT2D eigenvalue weighted by Crippen LogP contribution is 2.17. The van der Waals surface area contributed by atoms with Crippen LogP contribution in [0.2, 0.25) is 5.02 Å². The number of aromatic nitrogens is 2. The van der Waals surface area contributed by atoms with Gasteiger partial charge in [0.15, 0.2) is 0 Å². The molecule has 1 aromatic carbocycles. The summed E-state index contributed by atoms with van der Waals surface area (Å²) in [4.78, 5) is 11.2. The zero-order valence-corrected chi connectivity index (χ0v) is 14.0. The molecule has 1 aromatic heterocycles. The summed E-state index contributed by atoms with van der Waals surface area (Å²) >= 11 is 5.90. The highest BCUT2D eigenvalue weighted by Gasteiger charge is 2.13. The predicted octanol–water partition coefficient (Wildman–Crippen LogP) is 2.93. The molecule has 23 heavy (non-hydrogen) atoms. The largest absolute Gasteiger partial charge is 0.378 e. The van der Waals surface area contributed by atoms with Crippen molar-refractivity contribution in [3.8, 4) is 0 Å². The summed E-state index contributed by atoms with van der Waals surface area (Å²) in [7, 11) is 0. The van der Waals surface area contributed by atoms with Crippen molar-refractivity contribution >= 4 is 23.2 Å². The van der Waals surface area contributed by atoms with Gasteiger partial charge in [0.2, 0.25) is 0 Å². The second-order valence-corrected chi connectivity index (χ2v) is 6.00. The number of aryl methyl sites for hydroxylation is 1. The van der Waals surface area contributed by atoms with Crippen molar-refractivity contribution in [3.63, 3.8) is 0 Å². The number of morpholine rings is 1. The van der Waals surface area contributed by atoms with E-state index in [0.717, 1.165) is 61.8 Å². The Morgan fingerprint density at radius 1 is 1.17 bits per heavy atom. The second kappa shape index (κ2) is 7.62. The maximum Gasteiger partial charge on any atom is 0.134 e. The minimum Gasteiger partial charge on any atom is -0.378 e. The van der Waals surface area contributed by atoms with E-state index in [1.165, 1.54) is 5.56 Å². The van der Waals surface area contributed by atoms with Crippen LogP contribution in [-0.2, 0) is 11.2 Å². The molecule has 2 heterocycles. The molecule has 1 saturated heterocycles. The van der Waals surface area contributed by atoms with E-state index in [2.05, 4.69) is 32.3 Å². The first-order valence-electron chi connectivity index (χ1n) is 7.87. The standard InChI is InChI=1S/C17H21ClN4O/c1-13-20-16(12-17(21-13)22-8-10-23-11-9-22)19-7-6-14-2-4-15(18)5-3-14/h2-5,12H,6-11H2,1H3,(H,19,20,21). The Morgan fingerprint density at radius 2 is 1.91 bits per heavy atom. The Morgan fingerprint density at radius 3 is 2.65 bits per heavy atom. The summed E-state index contributed by atoms with van der Waals surface area (Å²) in [5.41, 5.74) is 1.25. The van der Waals surface area contributed by atoms with Crippen molar-refractivity contribution in [2.24, 2.45) is 0 Å². The summed E-state index contributed by atoms with van der Waals surface area (Å²) in [5, 5.41) is 4.15. The van der Waals surface area contributed by atoms with Crippen LogP contribution in [-0.4, -0.2) is 42.8 Å². The quantitative estimate of drug-likeness (QED) is 0.912. The maximum atomic E-state index is 5.90. The van der Waals surface area contributed by atoms with Gasteiger partial charge in [-0.1, -0.05) is 23.7 Å². The monoisotopic (exact) mass is 332 g/mol. The van der Waals surface area contributed by atoms with Gasteiger partial charge in [-0.3, -0.25) is 0 Å². The lowest BCUT2D eigenvalue weighted by Crippen LogP contribution is -2.37. The molecule has 0 atom stereocenters. The number of benzene rings is 1. The van der Waals surface area contributed by atoms with Crippen molar-refractivity contribution in [2.45, 2.75) is 13.3 Å². The molecule has 2 aromatic rings. The number of nitrogens with zero attached hydrogens (tertiary/aromatic N) is 3. The number of rotatable bonds is 5. The molecular weight excluding hydrogens is 312 g/mol. The van der Waals surface area contributed by atoms with Crippen molar-refractivity contribution in [2.75, 3.05) is 43.1 Å². The smallest absolute Gasteiger partial charge is 0.134 e. The van der Waals surface area contributed by atoms with Gasteiger partial charge in [-0.2, -0.15) is 0 Å². The van der Waals surface area contributed by atoms with Crippen LogP contribution in [0.3, 0.4) is 0 Å². The van der Waals surface area contributed by atoms with Gasteiger partial charge >= 0.3 is 0 Å². The predicted molar refractivity (Wildman–Crippen MR) is 93.4 cm³/mol. The number of hydrogen-bond donors (Lipinski definition) is 1. The fourth-order valence-electron chi connectivity index (χ4n) is 2.58. The topological polar surface area (TPSA) is 50.3 Å². The van der Waals surface area contributed by atoms with E-state index in [1.807, 2.05) is 25.1 Å². The third-order valence-corrected chi connectivity index (χ3v) is 4.04. The zero-order valence-electron chi connectivity index (χ0n) is 13.3. The maximum absolute atomic E-state index is 5.90. The number of hydrogen-bond acceptors (Lipinski definition) is 5. The molecule has 1 aliphatic rings. The first-order valence-corrected chi connectivity index (χ1v) is 8.25. The van der Waals surface area contributed by atoms with Crippen LogP contribution in [0.25, 0.3) is 0 Å². The Hall–Kier alpha value is -1.85. The van der Waals surface area contributed by atoms with E-state index in [0.29, 0.717) is 0 Å². The van der Waals surface area contributed by atoms with E-state index >= 15 is 0 Å². The number of nitrogens with one attached hydrogen (secondary N) is 1. The van der Waals surface area contributed by atoms with E-state index in [4.69, 9.17) is 16.3 Å². The molecule has 122 valence electrons. The Kier molecular flexibility index (Phi) is 5.31. The van der Waals surface area contributed by atoms with Gasteiger partial charge in [0.05, 0.1) is 13.2 Å². The summed E-state index contributed by atoms with van der Waals surface area (Å²) < 4.78 is 5.39. The number of ether oxygens (including phenoxy) is 1. The molecule has 0 unspecified atom stereocenters. The van der Waals surface area contributed by atoms with E-state index in [9.17, 15) is 0 Å². The van der Waals surface area contributed by atoms with Gasteiger partial charge in [-0.15, -0.1) is 0 Å². The van der Waals surface area contributed by atoms with Gasteiger partial charge in [-0.05, 0) is 31.0 Å². The average Bonchev–Trinajstić information content (AvgIpc) is 2.57. The van der Waals surface area contributed by atoms with E-state index in [-0.39, 0.29) is 0 Å². The molecule has 0 bridgehead atoms. The van der Waals surface area contributed by atoms with Crippen LogP contribution in [0.5, 0.6) is 0 Å². The van der Waals surface area contributed by atoms with Crippen LogP contribution in [0.4, 0.5) is 11.6 Å². The molecule has 0 radical (unpaired) electrons. The molecular formula is C17H21ClN4O. The van der Waals surface area contributed by atoms with Crippen molar-refractivity contribution in [3.05, 3.63) is 46.7 Å². The van der Waals surface area contributed by atoms with Crippen molar-refractivity contribution in [1.82, 2.24) is 9.97 Å². The molecule has 1 fully saturated rings. The molecule has 1 N–H and O–H groups in total. The van der Waals surface area contributed by atoms with Gasteiger partial charge in [0, 0.05) is 30.7 Å². The Balaban J connectivity index is 1.60. The van der Waals surface area contributed by atoms with E-state index < -0.39 is 0 Å². The van der Waals surface area contributed by atoms with Gasteiger partial charge in [0.1, 0.15) is 17.5 Å². The fourth-order valence-corrected chi connectivity index (χ4v) is 2.71. The Labute approximate surface area is 141 Å². The minimum absolute atomic E-state index is 0.752. The van der Waals surface area contributed by atoms with Gasteiger partial charge < -0.3 is 15.0 Å². The lowest BCUT2D eigenvalue weighted by molar-refractivity contribution is 0.122. The highest BCUT2D eigenvalue weighted by molar-refractivity contribution is 6.30. The summed E-state index contributed by atoms with van der Waals surface area (Å²) in [5.74, 6) is 2.62. The average molecular weight is 333 g/mol. The molecule has 1 aliphatic heterocycles. The normalized spacial score (nSPS) is 14.8. The van der Waals surface area contributed by atoms with Gasteiger partial charge in [-0.25, -0.2) is 9.97 Å². The summed E-state index contributed by atoms with van der Waals surface area (Å²) in [6, 6.07) is 9.95. The first-order chi connectivity index (χ1) is 11.2. The Bertz CT molecular complexity index is 642. The van der Waals surface area contributed by atoms with Gasteiger partial charge in [0.25, 0.3) is 0 Å². The molecule has 0 aliphatic carbocycles. The summed E-state index contributed by atoms with van der Waals surface area (Å²) in [6.07, 6.45) is 0.924. The van der Waals surface area contributed by atoms with Crippen molar-refractivity contribution < 1.29 is 4.74 Å². The van der Waals surface area contributed by atoms with Crippen LogP contribution in [0.1, 0.15) is 11.4 Å². The highest BCUT2D eigenvalue weighted by atomic mass is 35.5. The third kappa shape index (κ3) is 4.56. The van der Waals surface area contributed by atoms with Crippen molar-refractivity contribution in [1.29, 1.82) is 0 Å². The molecule has 3 rings (SSSR count). The number of anilines is 2. The molecule has 5 nitrogen and oxygen atoms in total. The zero-order chi connectivity index (χ0) is 16.1. The second-order valence-electron chi connectivity index (χ2n) is 5.56. The van der Waals surface area contributed by atoms with Crippen LogP contribution in [0, 0.1) is 6.92 Å². The molecule has 0 saturated carbocycles. The fraction of sp³-hybridized carbons (Fsp3) is 0.412. The lowest BCUT2D eigenvalue weighted by Gasteiger charge is -2.28. The van der Waals surface area contributed by atoms with Crippen LogP contribution < -0.4 is 10.2 Å². The van der Waals surface area contributed by atoms with E-state index in [1.54, 1.807) is 0 Å². The third-order valence-electron chi connectivity index (χ3n) is 3.79.